The summed E-state index contributed by atoms with van der Waals surface area (Å²) in [5.74, 6) is 1.50. The summed E-state index contributed by atoms with van der Waals surface area (Å²) in [5.41, 5.74) is 3.39. The molecule has 0 spiro atoms. The molecule has 1 fully saturated rings. The Morgan fingerprint density at radius 3 is 2.59 bits per heavy atom. The van der Waals surface area contributed by atoms with E-state index < -0.39 is 15.6 Å². The lowest BCUT2D eigenvalue weighted by atomic mass is 9.95. The molecule has 4 aromatic rings. The van der Waals surface area contributed by atoms with E-state index in [4.69, 9.17) is 9.72 Å². The molecule has 4 N–H and O–H groups in total. The smallest absolute Gasteiger partial charge is 0.245 e. The highest BCUT2D eigenvalue weighted by molar-refractivity contribution is 7.89. The van der Waals surface area contributed by atoms with Crippen LogP contribution in [0.3, 0.4) is 0 Å². The third kappa shape index (κ3) is 5.47. The lowest BCUT2D eigenvalue weighted by Gasteiger charge is -2.35. The van der Waals surface area contributed by atoms with E-state index in [-0.39, 0.29) is 18.0 Å². The van der Waals surface area contributed by atoms with Gasteiger partial charge in [0.05, 0.1) is 29.5 Å². The molecule has 2 aliphatic heterocycles. The summed E-state index contributed by atoms with van der Waals surface area (Å²) < 4.78 is 34.5. The molecule has 4 heterocycles. The Kier molecular flexibility index (Phi) is 7.10. The second-order valence-corrected chi connectivity index (χ2v) is 13.0. The van der Waals surface area contributed by atoms with Gasteiger partial charge >= 0.3 is 0 Å². The Morgan fingerprint density at radius 1 is 1.02 bits per heavy atom. The largest absolute Gasteiger partial charge is 0.495 e. The zero-order valence-electron chi connectivity index (χ0n) is 23.4. The van der Waals surface area contributed by atoms with E-state index in [0.717, 1.165) is 30.6 Å². The quantitative estimate of drug-likeness (QED) is 0.257. The molecule has 1 saturated heterocycles. The first-order valence-corrected chi connectivity index (χ1v) is 15.2. The Bertz CT molecular complexity index is 1690. The number of aromatic nitrogens is 3. The lowest BCUT2D eigenvalue weighted by Crippen LogP contribution is -2.45. The molecule has 0 atom stereocenters. The fraction of sp³-hybridized carbons (Fsp3) is 0.379. The Hall–Kier alpha value is -3.71. The Morgan fingerprint density at radius 2 is 1.80 bits per heavy atom. The minimum absolute atomic E-state index is 0.152. The van der Waals surface area contributed by atoms with Crippen LogP contribution in [0.25, 0.3) is 11.0 Å². The topological polar surface area (TPSA) is 136 Å². The summed E-state index contributed by atoms with van der Waals surface area (Å²) in [7, 11) is -0.0635. The summed E-state index contributed by atoms with van der Waals surface area (Å²) >= 11 is 0. The molecule has 0 saturated carbocycles. The minimum Gasteiger partial charge on any atom is -0.495 e. The minimum atomic E-state index is -3.81. The molecule has 0 aliphatic carbocycles. The Labute approximate surface area is 239 Å². The number of fused-ring (bicyclic) bond motifs is 2. The van der Waals surface area contributed by atoms with Crippen LogP contribution in [0.5, 0.6) is 5.75 Å². The summed E-state index contributed by atoms with van der Waals surface area (Å²) in [5, 5.41) is 17.6. The molecule has 11 nitrogen and oxygen atoms in total. The van der Waals surface area contributed by atoms with Crippen molar-refractivity contribution >= 4 is 44.2 Å². The number of nitrogens with zero attached hydrogens (tertiary/aromatic N) is 4. The van der Waals surface area contributed by atoms with Crippen LogP contribution >= 0.6 is 0 Å². The van der Waals surface area contributed by atoms with E-state index in [2.05, 4.69) is 44.7 Å². The van der Waals surface area contributed by atoms with Gasteiger partial charge in [0.25, 0.3) is 0 Å². The number of para-hydroxylation sites is 1. The van der Waals surface area contributed by atoms with Crippen molar-refractivity contribution in [3.63, 3.8) is 0 Å². The van der Waals surface area contributed by atoms with Gasteiger partial charge in [-0.05, 0) is 74.7 Å². The summed E-state index contributed by atoms with van der Waals surface area (Å²) in [6.07, 6.45) is 3.50. The Balaban J connectivity index is 1.34. The van der Waals surface area contributed by atoms with Crippen molar-refractivity contribution < 1.29 is 18.3 Å². The number of piperidine rings is 1. The van der Waals surface area contributed by atoms with Crippen LogP contribution in [-0.2, 0) is 23.0 Å². The standard InChI is InChI=1S/C29H35N7O4S/c1-29(37)10-14-36(15-11-29)41(38,39)25-7-5-4-6-22(25)31-27-21-8-12-30-26(21)33-28(34-27)32-23-16-20-18-35(2)13-9-19(20)17-24(23)40-3/h4-8,12,16-17,37H,9-11,13-15,18H2,1-3H3,(H3,30,31,32,33,34). The number of H-pyrrole nitrogens is 1. The normalized spacial score (nSPS) is 17.8. The molecule has 2 aromatic carbocycles. The molecule has 2 aliphatic rings. The van der Waals surface area contributed by atoms with Crippen LogP contribution in [0.4, 0.5) is 23.1 Å². The number of likely N-dealkylation sites (N-methyl/N-ethyl adjacent to an activating group) is 1. The van der Waals surface area contributed by atoms with E-state index in [1.54, 1.807) is 44.5 Å². The predicted octanol–water partition coefficient (Wildman–Crippen LogP) is 3.98. The zero-order valence-corrected chi connectivity index (χ0v) is 24.3. The van der Waals surface area contributed by atoms with Gasteiger partial charge in [-0.25, -0.2) is 8.42 Å². The van der Waals surface area contributed by atoms with Crippen LogP contribution in [0.15, 0.2) is 53.6 Å². The third-order valence-corrected chi connectivity index (χ3v) is 9.90. The van der Waals surface area contributed by atoms with Crippen LogP contribution < -0.4 is 15.4 Å². The molecule has 12 heteroatoms. The van der Waals surface area contributed by atoms with Gasteiger partial charge in [0.15, 0.2) is 0 Å². The van der Waals surface area contributed by atoms with Gasteiger partial charge in [0.1, 0.15) is 22.1 Å². The van der Waals surface area contributed by atoms with Gasteiger partial charge in [0, 0.05) is 32.4 Å². The van der Waals surface area contributed by atoms with Gasteiger partial charge in [-0.15, -0.1) is 0 Å². The molecule has 216 valence electrons. The highest BCUT2D eigenvalue weighted by Crippen LogP contribution is 2.35. The van der Waals surface area contributed by atoms with Gasteiger partial charge in [-0.3, -0.25) is 0 Å². The molecule has 6 rings (SSSR count). The maximum absolute atomic E-state index is 13.7. The van der Waals surface area contributed by atoms with Crippen molar-refractivity contribution in [1.82, 2.24) is 24.2 Å². The summed E-state index contributed by atoms with van der Waals surface area (Å²) in [6, 6.07) is 12.8. The molecule has 2 aromatic heterocycles. The van der Waals surface area contributed by atoms with Crippen LogP contribution in [0.1, 0.15) is 30.9 Å². The predicted molar refractivity (Wildman–Crippen MR) is 159 cm³/mol. The van der Waals surface area contributed by atoms with E-state index in [0.29, 0.717) is 41.7 Å². The first-order valence-electron chi connectivity index (χ1n) is 13.7. The highest BCUT2D eigenvalue weighted by Gasteiger charge is 2.35. The molecule has 0 amide bonds. The number of sulfonamides is 1. The maximum Gasteiger partial charge on any atom is 0.245 e. The summed E-state index contributed by atoms with van der Waals surface area (Å²) in [6.45, 7) is 4.10. The van der Waals surface area contributed by atoms with E-state index in [1.165, 1.54) is 15.4 Å². The molecule has 0 bridgehead atoms. The van der Waals surface area contributed by atoms with Gasteiger partial charge in [-0.1, -0.05) is 12.1 Å². The molecular weight excluding hydrogens is 542 g/mol. The number of rotatable bonds is 7. The second-order valence-electron chi connectivity index (χ2n) is 11.1. The average molecular weight is 578 g/mol. The van der Waals surface area contributed by atoms with Crippen molar-refractivity contribution in [3.05, 3.63) is 59.8 Å². The third-order valence-electron chi connectivity index (χ3n) is 7.94. The average Bonchev–Trinajstić information content (AvgIpc) is 3.42. The van der Waals surface area contributed by atoms with Crippen molar-refractivity contribution in [2.24, 2.45) is 0 Å². The molecule has 41 heavy (non-hydrogen) atoms. The molecular formula is C29H35N7O4S. The SMILES string of the molecule is COc1cc2c(cc1Nc1nc(Nc3ccccc3S(=O)(=O)N3CCC(C)(O)CC3)c3cc[nH]c3n1)CN(C)CC2. The van der Waals surface area contributed by atoms with Gasteiger partial charge in [-0.2, -0.15) is 14.3 Å². The first-order chi connectivity index (χ1) is 19.6. The van der Waals surface area contributed by atoms with Crippen molar-refractivity contribution in [1.29, 1.82) is 0 Å². The molecule has 0 radical (unpaired) electrons. The van der Waals surface area contributed by atoms with Crippen LogP contribution in [0, 0.1) is 0 Å². The van der Waals surface area contributed by atoms with Crippen molar-refractivity contribution in [3.8, 4) is 5.75 Å². The highest BCUT2D eigenvalue weighted by atomic mass is 32.2. The number of ether oxygens (including phenoxy) is 1. The number of aromatic amines is 1. The number of aliphatic hydroxyl groups is 1. The number of hydrogen-bond donors (Lipinski definition) is 4. The zero-order chi connectivity index (χ0) is 28.8. The number of benzene rings is 2. The van der Waals surface area contributed by atoms with Gasteiger partial charge in [0.2, 0.25) is 16.0 Å². The number of hydrogen-bond acceptors (Lipinski definition) is 9. The number of nitrogens with one attached hydrogen (secondary N) is 3. The van der Waals surface area contributed by atoms with E-state index >= 15 is 0 Å². The van der Waals surface area contributed by atoms with E-state index in [9.17, 15) is 13.5 Å². The van der Waals surface area contributed by atoms with Gasteiger partial charge < -0.3 is 30.4 Å². The van der Waals surface area contributed by atoms with E-state index in [1.807, 2.05) is 6.07 Å². The van der Waals surface area contributed by atoms with Crippen molar-refractivity contribution in [2.45, 2.75) is 43.2 Å². The first kappa shape index (κ1) is 27.5. The van der Waals surface area contributed by atoms with Crippen LogP contribution in [0.2, 0.25) is 0 Å². The maximum atomic E-state index is 13.7. The van der Waals surface area contributed by atoms with Crippen molar-refractivity contribution in [2.75, 3.05) is 44.4 Å². The number of methoxy groups -OCH3 is 1. The lowest BCUT2D eigenvalue weighted by molar-refractivity contribution is 0.0126. The fourth-order valence-corrected chi connectivity index (χ4v) is 7.07. The van der Waals surface area contributed by atoms with Crippen LogP contribution in [-0.4, -0.2) is 77.1 Å². The monoisotopic (exact) mass is 577 g/mol. The number of anilines is 4. The molecule has 0 unspecified atom stereocenters. The summed E-state index contributed by atoms with van der Waals surface area (Å²) in [4.78, 5) is 15.0. The fourth-order valence-electron chi connectivity index (χ4n) is 5.48. The second kappa shape index (κ2) is 10.6.